The van der Waals surface area contributed by atoms with Crippen molar-refractivity contribution in [1.82, 2.24) is 20.8 Å². The van der Waals surface area contributed by atoms with Crippen LogP contribution < -0.4 is 10.6 Å². The maximum Gasteiger partial charge on any atom is 0.269 e. The van der Waals surface area contributed by atoms with Crippen molar-refractivity contribution < 1.29 is 4.79 Å². The summed E-state index contributed by atoms with van der Waals surface area (Å²) in [5.41, 5.74) is 3.53. The molecule has 1 aliphatic heterocycles. The van der Waals surface area contributed by atoms with Crippen LogP contribution in [0.25, 0.3) is 11.3 Å². The lowest BCUT2D eigenvalue weighted by molar-refractivity contribution is 0.0909. The molecule has 1 aromatic heterocycles. The highest BCUT2D eigenvalue weighted by molar-refractivity contribution is 5.93. The number of carbonyl (C=O) groups excluding carboxylic acids is 1. The van der Waals surface area contributed by atoms with Gasteiger partial charge in [-0.15, -0.1) is 12.4 Å². The summed E-state index contributed by atoms with van der Waals surface area (Å²) in [6, 6.07) is 10.1. The van der Waals surface area contributed by atoms with Crippen molar-refractivity contribution in [2.45, 2.75) is 26.3 Å². The number of carbonyl (C=O) groups is 1. The molecule has 2 unspecified atom stereocenters. The van der Waals surface area contributed by atoms with Gasteiger partial charge in [-0.2, -0.15) is 5.10 Å². The van der Waals surface area contributed by atoms with Crippen molar-refractivity contribution in [3.63, 3.8) is 0 Å². The molecule has 1 amide bonds. The number of hydrogen-bond acceptors (Lipinski definition) is 3. The molecule has 0 saturated carbocycles. The molecule has 0 radical (unpaired) electrons. The fourth-order valence-corrected chi connectivity index (χ4v) is 2.78. The molecule has 0 aliphatic carbocycles. The van der Waals surface area contributed by atoms with Crippen molar-refractivity contribution in [3.05, 3.63) is 41.6 Å². The van der Waals surface area contributed by atoms with E-state index in [1.54, 1.807) is 0 Å². The highest BCUT2D eigenvalue weighted by Gasteiger charge is 2.23. The number of aryl methyl sites for hydroxylation is 1. The summed E-state index contributed by atoms with van der Waals surface area (Å²) in [5, 5.41) is 13.5. The Morgan fingerprint density at radius 3 is 2.74 bits per heavy atom. The maximum atomic E-state index is 12.4. The van der Waals surface area contributed by atoms with Gasteiger partial charge in [0.1, 0.15) is 5.69 Å². The second-order valence-electron chi connectivity index (χ2n) is 6.08. The zero-order valence-corrected chi connectivity index (χ0v) is 14.2. The number of H-pyrrole nitrogens is 1. The smallest absolute Gasteiger partial charge is 0.269 e. The Labute approximate surface area is 142 Å². The lowest BCUT2D eigenvalue weighted by Gasteiger charge is -2.29. The van der Waals surface area contributed by atoms with Crippen LogP contribution >= 0.6 is 12.4 Å². The number of hydrogen-bond donors (Lipinski definition) is 3. The van der Waals surface area contributed by atoms with E-state index in [9.17, 15) is 4.79 Å². The summed E-state index contributed by atoms with van der Waals surface area (Å²) in [6.45, 7) is 6.10. The van der Waals surface area contributed by atoms with Crippen LogP contribution in [0.15, 0.2) is 30.3 Å². The minimum atomic E-state index is -0.0791. The first-order chi connectivity index (χ1) is 10.6. The molecule has 3 rings (SSSR count). The number of halogens is 1. The van der Waals surface area contributed by atoms with Gasteiger partial charge in [-0.25, -0.2) is 0 Å². The molecule has 0 spiro atoms. The highest BCUT2D eigenvalue weighted by Crippen LogP contribution is 2.18. The third-order valence-corrected chi connectivity index (χ3v) is 4.27. The van der Waals surface area contributed by atoms with Crippen LogP contribution in [0.4, 0.5) is 0 Å². The third-order valence-electron chi connectivity index (χ3n) is 4.27. The normalized spacial score (nSPS) is 20.6. The largest absolute Gasteiger partial charge is 0.348 e. The zero-order chi connectivity index (χ0) is 15.5. The molecule has 1 saturated heterocycles. The number of aromatic amines is 1. The monoisotopic (exact) mass is 334 g/mol. The lowest BCUT2D eigenvalue weighted by Crippen LogP contribution is -2.48. The Bertz CT molecular complexity index is 653. The molecule has 2 heterocycles. The molecule has 124 valence electrons. The van der Waals surface area contributed by atoms with Gasteiger partial charge >= 0.3 is 0 Å². The molecule has 1 aromatic carbocycles. The number of nitrogens with zero attached hydrogens (tertiary/aromatic N) is 1. The van der Waals surface area contributed by atoms with E-state index >= 15 is 0 Å². The Morgan fingerprint density at radius 2 is 2.04 bits per heavy atom. The number of piperidine rings is 1. The van der Waals surface area contributed by atoms with Gasteiger partial charge < -0.3 is 10.6 Å². The number of nitrogens with one attached hydrogen (secondary N) is 3. The summed E-state index contributed by atoms with van der Waals surface area (Å²) in [5.74, 6) is 0.363. The van der Waals surface area contributed by atoms with E-state index in [0.717, 1.165) is 30.8 Å². The average Bonchev–Trinajstić information content (AvgIpc) is 3.00. The zero-order valence-electron chi connectivity index (χ0n) is 13.4. The van der Waals surface area contributed by atoms with Gasteiger partial charge in [0, 0.05) is 11.6 Å². The average molecular weight is 335 g/mol. The second kappa shape index (κ2) is 7.62. The van der Waals surface area contributed by atoms with Crippen molar-refractivity contribution in [1.29, 1.82) is 0 Å². The molecule has 6 heteroatoms. The molecule has 1 aliphatic rings. The minimum Gasteiger partial charge on any atom is -0.348 e. The van der Waals surface area contributed by atoms with Crippen LogP contribution in [0.1, 0.15) is 29.4 Å². The molecule has 0 bridgehead atoms. The molecule has 3 N–H and O–H groups in total. The summed E-state index contributed by atoms with van der Waals surface area (Å²) in [7, 11) is 0. The van der Waals surface area contributed by atoms with Gasteiger partial charge in [-0.05, 0) is 38.4 Å². The SMILES string of the molecule is Cc1ccc(-c2cc(C(=O)NC3CCNCC3C)[nH]n2)cc1.Cl. The van der Waals surface area contributed by atoms with Gasteiger partial charge in [0.2, 0.25) is 0 Å². The van der Waals surface area contributed by atoms with Gasteiger partial charge in [0.15, 0.2) is 0 Å². The van der Waals surface area contributed by atoms with E-state index in [2.05, 4.69) is 27.8 Å². The summed E-state index contributed by atoms with van der Waals surface area (Å²) in [4.78, 5) is 12.4. The van der Waals surface area contributed by atoms with Crippen LogP contribution in [0, 0.1) is 12.8 Å². The maximum absolute atomic E-state index is 12.4. The molecular formula is C17H23ClN4O. The Kier molecular flexibility index (Phi) is 5.80. The van der Waals surface area contributed by atoms with Crippen LogP contribution in [0.3, 0.4) is 0 Å². The standard InChI is InChI=1S/C17H22N4O.ClH/c1-11-3-5-13(6-4-11)15-9-16(21-20-15)17(22)19-14-7-8-18-10-12(14)2;/h3-6,9,12,14,18H,7-8,10H2,1-2H3,(H,19,22)(H,20,21);1H. The number of aromatic nitrogens is 2. The summed E-state index contributed by atoms with van der Waals surface area (Å²) < 4.78 is 0. The first-order valence-electron chi connectivity index (χ1n) is 7.77. The number of amides is 1. The highest BCUT2D eigenvalue weighted by atomic mass is 35.5. The van der Waals surface area contributed by atoms with E-state index in [-0.39, 0.29) is 24.4 Å². The van der Waals surface area contributed by atoms with E-state index in [0.29, 0.717) is 11.6 Å². The quantitative estimate of drug-likeness (QED) is 0.808. The Balaban J connectivity index is 0.00000192. The number of benzene rings is 1. The summed E-state index contributed by atoms with van der Waals surface area (Å²) in [6.07, 6.45) is 0.964. The summed E-state index contributed by atoms with van der Waals surface area (Å²) >= 11 is 0. The topological polar surface area (TPSA) is 69.8 Å². The first-order valence-corrected chi connectivity index (χ1v) is 7.77. The van der Waals surface area contributed by atoms with Crippen LogP contribution in [0.2, 0.25) is 0 Å². The van der Waals surface area contributed by atoms with Crippen molar-refractivity contribution in [2.24, 2.45) is 5.92 Å². The van der Waals surface area contributed by atoms with E-state index < -0.39 is 0 Å². The van der Waals surface area contributed by atoms with Crippen LogP contribution in [-0.2, 0) is 0 Å². The van der Waals surface area contributed by atoms with E-state index in [1.807, 2.05) is 37.3 Å². The van der Waals surface area contributed by atoms with E-state index in [4.69, 9.17) is 0 Å². The van der Waals surface area contributed by atoms with E-state index in [1.165, 1.54) is 5.56 Å². The third kappa shape index (κ3) is 4.12. The predicted molar refractivity (Wildman–Crippen MR) is 93.9 cm³/mol. The molecule has 2 atom stereocenters. The number of rotatable bonds is 3. The van der Waals surface area contributed by atoms with Gasteiger partial charge in [-0.3, -0.25) is 9.89 Å². The Hall–Kier alpha value is -1.85. The molecular weight excluding hydrogens is 312 g/mol. The van der Waals surface area contributed by atoms with Crippen molar-refractivity contribution in [2.75, 3.05) is 13.1 Å². The predicted octanol–water partition coefficient (Wildman–Crippen LogP) is 2.53. The van der Waals surface area contributed by atoms with Gasteiger partial charge in [-0.1, -0.05) is 36.8 Å². The molecule has 23 heavy (non-hydrogen) atoms. The second-order valence-corrected chi connectivity index (χ2v) is 6.08. The fourth-order valence-electron chi connectivity index (χ4n) is 2.78. The van der Waals surface area contributed by atoms with Gasteiger partial charge in [0.05, 0.1) is 5.69 Å². The molecule has 2 aromatic rings. The lowest BCUT2D eigenvalue weighted by atomic mass is 9.95. The fraction of sp³-hybridized carbons (Fsp3) is 0.412. The molecule has 5 nitrogen and oxygen atoms in total. The Morgan fingerprint density at radius 1 is 1.30 bits per heavy atom. The molecule has 1 fully saturated rings. The van der Waals surface area contributed by atoms with Gasteiger partial charge in [0.25, 0.3) is 5.91 Å². The minimum absolute atomic E-state index is 0. The van der Waals surface area contributed by atoms with Crippen molar-refractivity contribution >= 4 is 18.3 Å². The van der Waals surface area contributed by atoms with Crippen molar-refractivity contribution in [3.8, 4) is 11.3 Å². The first kappa shape index (κ1) is 17.5. The van der Waals surface area contributed by atoms with Crippen LogP contribution in [-0.4, -0.2) is 35.2 Å². The van der Waals surface area contributed by atoms with Crippen LogP contribution in [0.5, 0.6) is 0 Å².